The van der Waals surface area contributed by atoms with Crippen LogP contribution in [-0.4, -0.2) is 41.8 Å². The van der Waals surface area contributed by atoms with Crippen molar-refractivity contribution < 1.29 is 17.9 Å². The van der Waals surface area contributed by atoms with Gasteiger partial charge in [0.1, 0.15) is 10.6 Å². The Morgan fingerprint density at radius 3 is 2.43 bits per heavy atom. The van der Waals surface area contributed by atoms with Crippen LogP contribution in [0.2, 0.25) is 0 Å². The van der Waals surface area contributed by atoms with E-state index < -0.39 is 15.6 Å². The van der Waals surface area contributed by atoms with Crippen LogP contribution in [0.25, 0.3) is 0 Å². The first-order valence-corrected chi connectivity index (χ1v) is 8.08. The summed E-state index contributed by atoms with van der Waals surface area (Å²) in [6.07, 6.45) is 0. The molecule has 0 radical (unpaired) electrons. The molecule has 0 saturated heterocycles. The van der Waals surface area contributed by atoms with Crippen LogP contribution >= 0.6 is 0 Å². The van der Waals surface area contributed by atoms with Crippen molar-refractivity contribution in [3.05, 3.63) is 23.8 Å². The van der Waals surface area contributed by atoms with Gasteiger partial charge in [0.25, 0.3) is 0 Å². The predicted octanol–water partition coefficient (Wildman–Crippen LogP) is 1.12. The monoisotopic (exact) mass is 316 g/mol. The van der Waals surface area contributed by atoms with E-state index in [9.17, 15) is 8.42 Å². The van der Waals surface area contributed by atoms with Crippen molar-refractivity contribution in [1.29, 1.82) is 0 Å². The fourth-order valence-corrected chi connectivity index (χ4v) is 3.67. The molecule has 0 aliphatic heterocycles. The van der Waals surface area contributed by atoms with Crippen molar-refractivity contribution in [3.8, 4) is 5.75 Å². The maximum Gasteiger partial charge on any atom is 0.244 e. The van der Waals surface area contributed by atoms with Gasteiger partial charge in [-0.25, -0.2) is 13.1 Å². The molecule has 21 heavy (non-hydrogen) atoms. The lowest BCUT2D eigenvalue weighted by molar-refractivity contribution is 0.141. The van der Waals surface area contributed by atoms with Crippen molar-refractivity contribution in [1.82, 2.24) is 10.0 Å². The Balaban J connectivity index is 3.19. The number of benzene rings is 1. The standard InChI is InChI=1S/C14H24N2O4S/c1-14(2,10-19-4)16-21(17,18)13-8-11(9-15-3)6-7-12(13)20-5/h6-8,15-16H,9-10H2,1-5H3. The van der Waals surface area contributed by atoms with Crippen LogP contribution in [-0.2, 0) is 21.3 Å². The minimum atomic E-state index is -3.71. The lowest BCUT2D eigenvalue weighted by atomic mass is 10.1. The van der Waals surface area contributed by atoms with Gasteiger partial charge in [0.2, 0.25) is 10.0 Å². The van der Waals surface area contributed by atoms with Gasteiger partial charge in [0.15, 0.2) is 0 Å². The molecule has 0 aliphatic rings. The minimum absolute atomic E-state index is 0.127. The highest BCUT2D eigenvalue weighted by molar-refractivity contribution is 7.89. The third-order valence-corrected chi connectivity index (χ3v) is 4.53. The third kappa shape index (κ3) is 4.96. The van der Waals surface area contributed by atoms with Crippen LogP contribution in [0.15, 0.2) is 23.1 Å². The SMILES string of the molecule is CNCc1ccc(OC)c(S(=O)(=O)NC(C)(C)COC)c1. The molecule has 120 valence electrons. The van der Waals surface area contributed by atoms with Crippen LogP contribution in [0.1, 0.15) is 19.4 Å². The molecule has 0 amide bonds. The number of ether oxygens (including phenoxy) is 2. The van der Waals surface area contributed by atoms with Gasteiger partial charge in [-0.1, -0.05) is 6.07 Å². The summed E-state index contributed by atoms with van der Waals surface area (Å²) in [5.74, 6) is 0.315. The summed E-state index contributed by atoms with van der Waals surface area (Å²) in [6.45, 7) is 4.37. The Bertz CT molecular complexity index is 570. The second kappa shape index (κ2) is 7.22. The second-order valence-corrected chi connectivity index (χ2v) is 7.09. The summed E-state index contributed by atoms with van der Waals surface area (Å²) in [4.78, 5) is 0.127. The normalized spacial score (nSPS) is 12.4. The number of hydrogen-bond acceptors (Lipinski definition) is 5. The van der Waals surface area contributed by atoms with Crippen molar-refractivity contribution in [3.63, 3.8) is 0 Å². The van der Waals surface area contributed by atoms with E-state index in [2.05, 4.69) is 10.0 Å². The fourth-order valence-electron chi connectivity index (χ4n) is 2.05. The third-order valence-electron chi connectivity index (χ3n) is 2.81. The molecule has 0 atom stereocenters. The fraction of sp³-hybridized carbons (Fsp3) is 0.571. The minimum Gasteiger partial charge on any atom is -0.495 e. The van der Waals surface area contributed by atoms with Crippen LogP contribution < -0.4 is 14.8 Å². The zero-order chi connectivity index (χ0) is 16.1. The number of sulfonamides is 1. The average molecular weight is 316 g/mol. The maximum atomic E-state index is 12.6. The smallest absolute Gasteiger partial charge is 0.244 e. The Kier molecular flexibility index (Phi) is 6.15. The number of methoxy groups -OCH3 is 2. The number of nitrogens with one attached hydrogen (secondary N) is 2. The summed E-state index contributed by atoms with van der Waals surface area (Å²) in [6, 6.07) is 5.10. The molecule has 6 nitrogen and oxygen atoms in total. The topological polar surface area (TPSA) is 76.7 Å². The molecule has 0 heterocycles. The van der Waals surface area contributed by atoms with Crippen LogP contribution in [0.3, 0.4) is 0 Å². The van der Waals surface area contributed by atoms with E-state index >= 15 is 0 Å². The lowest BCUT2D eigenvalue weighted by Gasteiger charge is -2.25. The van der Waals surface area contributed by atoms with Crippen LogP contribution in [0, 0.1) is 0 Å². The first-order valence-electron chi connectivity index (χ1n) is 6.60. The van der Waals surface area contributed by atoms with Gasteiger partial charge in [-0.2, -0.15) is 0 Å². The maximum absolute atomic E-state index is 12.6. The first-order chi connectivity index (χ1) is 9.75. The largest absolute Gasteiger partial charge is 0.495 e. The molecule has 0 spiro atoms. The zero-order valence-corrected chi connectivity index (χ0v) is 14.0. The van der Waals surface area contributed by atoms with Gasteiger partial charge < -0.3 is 14.8 Å². The van der Waals surface area contributed by atoms with Gasteiger partial charge in [-0.3, -0.25) is 0 Å². The van der Waals surface area contributed by atoms with E-state index in [1.165, 1.54) is 14.2 Å². The molecule has 0 saturated carbocycles. The molecule has 0 unspecified atom stereocenters. The van der Waals surface area contributed by atoms with E-state index in [4.69, 9.17) is 9.47 Å². The summed E-state index contributed by atoms with van der Waals surface area (Å²) in [5.41, 5.74) is 0.153. The lowest BCUT2D eigenvalue weighted by Crippen LogP contribution is -2.46. The zero-order valence-electron chi connectivity index (χ0n) is 13.2. The van der Waals surface area contributed by atoms with Crippen molar-refractivity contribution in [2.24, 2.45) is 0 Å². The van der Waals surface area contributed by atoms with Gasteiger partial charge in [0.05, 0.1) is 19.3 Å². The van der Waals surface area contributed by atoms with Crippen LogP contribution in [0.5, 0.6) is 5.75 Å². The summed E-state index contributed by atoms with van der Waals surface area (Å²) in [5, 5.41) is 2.99. The quantitative estimate of drug-likeness (QED) is 0.751. The number of hydrogen-bond donors (Lipinski definition) is 2. The number of rotatable bonds is 8. The average Bonchev–Trinajstić information content (AvgIpc) is 2.37. The Morgan fingerprint density at radius 2 is 1.90 bits per heavy atom. The first kappa shape index (κ1) is 17.9. The van der Waals surface area contributed by atoms with E-state index in [0.29, 0.717) is 12.3 Å². The Hall–Kier alpha value is -1.15. The van der Waals surface area contributed by atoms with Crippen LogP contribution in [0.4, 0.5) is 0 Å². The molecule has 1 aromatic carbocycles. The van der Waals surface area contributed by atoms with E-state index in [1.807, 2.05) is 6.07 Å². The molecule has 0 aromatic heterocycles. The second-order valence-electron chi connectivity index (χ2n) is 5.44. The summed E-state index contributed by atoms with van der Waals surface area (Å²) in [7, 11) is 1.08. The predicted molar refractivity (Wildman–Crippen MR) is 82.0 cm³/mol. The Labute approximate surface area is 126 Å². The molecular formula is C14H24N2O4S. The van der Waals surface area contributed by atoms with Crippen molar-refractivity contribution in [2.75, 3.05) is 27.9 Å². The summed E-state index contributed by atoms with van der Waals surface area (Å²) < 4.78 is 38.0. The van der Waals surface area contributed by atoms with E-state index in [0.717, 1.165) is 5.56 Å². The van der Waals surface area contributed by atoms with E-state index in [1.54, 1.807) is 33.0 Å². The summed E-state index contributed by atoms with van der Waals surface area (Å²) >= 11 is 0. The molecule has 1 aromatic rings. The molecular weight excluding hydrogens is 292 g/mol. The molecule has 1 rings (SSSR count). The highest BCUT2D eigenvalue weighted by Crippen LogP contribution is 2.26. The molecule has 0 aliphatic carbocycles. The van der Waals surface area contributed by atoms with Gasteiger partial charge >= 0.3 is 0 Å². The van der Waals surface area contributed by atoms with E-state index in [-0.39, 0.29) is 11.5 Å². The van der Waals surface area contributed by atoms with Crippen molar-refractivity contribution >= 4 is 10.0 Å². The highest BCUT2D eigenvalue weighted by Gasteiger charge is 2.28. The van der Waals surface area contributed by atoms with Crippen molar-refractivity contribution in [2.45, 2.75) is 30.8 Å². The molecule has 0 fully saturated rings. The molecule has 2 N–H and O–H groups in total. The highest BCUT2D eigenvalue weighted by atomic mass is 32.2. The molecule has 0 bridgehead atoms. The van der Waals surface area contributed by atoms with Gasteiger partial charge in [-0.05, 0) is 38.6 Å². The Morgan fingerprint density at radius 1 is 1.24 bits per heavy atom. The van der Waals surface area contributed by atoms with Gasteiger partial charge in [0, 0.05) is 13.7 Å². The molecule has 7 heteroatoms. The van der Waals surface area contributed by atoms with Gasteiger partial charge in [-0.15, -0.1) is 0 Å².